The standard InChI is InChI=1S/C27H26FN5O4/c1-37-18-8-6-17(7-9-18)33-13-21(20-12-30-24-19(20)10-16(28)11-29-24)31-25(26(33)34)32-23-15-4-2-14(3-5-15)22(23)27(35)36/h6-15,22-23H,2-5H2,1H3,(H,29,30)(H,31,32)(H,35,36)/t14?,15?,22-,23-/m0/s1. The Balaban J connectivity index is 1.50. The van der Waals surface area contributed by atoms with Gasteiger partial charge < -0.3 is 20.1 Å². The van der Waals surface area contributed by atoms with Gasteiger partial charge in [-0.15, -0.1) is 0 Å². The van der Waals surface area contributed by atoms with Crippen LogP contribution in [0.2, 0.25) is 0 Å². The number of rotatable bonds is 6. The number of carboxylic acids is 1. The van der Waals surface area contributed by atoms with Gasteiger partial charge in [0.25, 0.3) is 5.56 Å². The van der Waals surface area contributed by atoms with Crippen LogP contribution < -0.4 is 15.6 Å². The maximum Gasteiger partial charge on any atom is 0.308 e. The van der Waals surface area contributed by atoms with Gasteiger partial charge in [0.2, 0.25) is 0 Å². The molecule has 10 heteroatoms. The number of ether oxygens (including phenoxy) is 1. The van der Waals surface area contributed by atoms with Crippen molar-refractivity contribution in [1.82, 2.24) is 19.5 Å². The molecule has 3 saturated carbocycles. The minimum absolute atomic E-state index is 0.0656. The first kappa shape index (κ1) is 23.2. The van der Waals surface area contributed by atoms with Gasteiger partial charge in [-0.25, -0.2) is 14.4 Å². The largest absolute Gasteiger partial charge is 0.497 e. The number of H-pyrrole nitrogens is 1. The first-order valence-electron chi connectivity index (χ1n) is 12.3. The molecule has 0 saturated heterocycles. The van der Waals surface area contributed by atoms with Crippen LogP contribution in [-0.4, -0.2) is 43.7 Å². The summed E-state index contributed by atoms with van der Waals surface area (Å²) in [6, 6.07) is 7.99. The highest BCUT2D eigenvalue weighted by atomic mass is 19.1. The SMILES string of the molecule is COc1ccc(-n2cc(-c3c[nH]c4ncc(F)cc34)nc(N[C@H]3C4CCC(CC4)[C@@H]3C(=O)O)c2=O)cc1. The van der Waals surface area contributed by atoms with E-state index in [0.717, 1.165) is 31.9 Å². The number of aromatic amines is 1. The van der Waals surface area contributed by atoms with Crippen LogP contribution in [0.25, 0.3) is 28.0 Å². The van der Waals surface area contributed by atoms with Crippen LogP contribution in [0.15, 0.2) is 53.7 Å². The Labute approximate surface area is 211 Å². The van der Waals surface area contributed by atoms with E-state index >= 15 is 0 Å². The van der Waals surface area contributed by atoms with Crippen molar-refractivity contribution in [3.05, 3.63) is 65.1 Å². The predicted molar refractivity (Wildman–Crippen MR) is 135 cm³/mol. The summed E-state index contributed by atoms with van der Waals surface area (Å²) in [6.45, 7) is 0. The molecule has 9 nitrogen and oxygen atoms in total. The third kappa shape index (κ3) is 4.02. The van der Waals surface area contributed by atoms with Crippen molar-refractivity contribution in [3.63, 3.8) is 0 Å². The molecule has 2 bridgehead atoms. The second-order valence-corrected chi connectivity index (χ2v) is 9.81. The van der Waals surface area contributed by atoms with Gasteiger partial charge in [0.1, 0.15) is 17.2 Å². The van der Waals surface area contributed by atoms with Crippen molar-refractivity contribution in [2.45, 2.75) is 31.7 Å². The van der Waals surface area contributed by atoms with E-state index in [1.54, 1.807) is 43.8 Å². The predicted octanol–water partition coefficient (Wildman–Crippen LogP) is 4.22. The molecular weight excluding hydrogens is 477 g/mol. The lowest BCUT2D eigenvalue weighted by Gasteiger charge is -2.47. The molecule has 3 aliphatic carbocycles. The second-order valence-electron chi connectivity index (χ2n) is 9.81. The molecule has 0 aliphatic heterocycles. The van der Waals surface area contributed by atoms with Crippen LogP contribution in [-0.2, 0) is 4.79 Å². The number of pyridine rings is 1. The molecule has 190 valence electrons. The van der Waals surface area contributed by atoms with Crippen LogP contribution >= 0.6 is 0 Å². The third-order valence-corrected chi connectivity index (χ3v) is 7.84. The number of carboxylic acid groups (broad SMARTS) is 1. The van der Waals surface area contributed by atoms with Crippen molar-refractivity contribution >= 4 is 22.8 Å². The molecule has 0 amide bonds. The number of methoxy groups -OCH3 is 1. The van der Waals surface area contributed by atoms with Gasteiger partial charge in [-0.3, -0.25) is 14.2 Å². The lowest BCUT2D eigenvalue weighted by molar-refractivity contribution is -0.148. The average Bonchev–Trinajstić information content (AvgIpc) is 3.33. The third-order valence-electron chi connectivity index (χ3n) is 7.84. The molecule has 3 aromatic heterocycles. The summed E-state index contributed by atoms with van der Waals surface area (Å²) in [7, 11) is 1.56. The van der Waals surface area contributed by atoms with Crippen LogP contribution in [0.5, 0.6) is 5.75 Å². The topological polar surface area (TPSA) is 122 Å². The Morgan fingerprint density at radius 1 is 1.19 bits per heavy atom. The molecule has 3 heterocycles. The van der Waals surface area contributed by atoms with Crippen LogP contribution in [0, 0.1) is 23.6 Å². The zero-order valence-corrected chi connectivity index (χ0v) is 20.1. The first-order valence-corrected chi connectivity index (χ1v) is 12.3. The Bertz CT molecular complexity index is 1540. The van der Waals surface area contributed by atoms with Crippen LogP contribution in [0.1, 0.15) is 25.7 Å². The van der Waals surface area contributed by atoms with Crippen molar-refractivity contribution in [2.24, 2.45) is 17.8 Å². The Morgan fingerprint density at radius 3 is 2.62 bits per heavy atom. The lowest BCUT2D eigenvalue weighted by Crippen LogP contribution is -2.52. The Morgan fingerprint density at radius 2 is 1.92 bits per heavy atom. The molecule has 3 fully saturated rings. The zero-order valence-electron chi connectivity index (χ0n) is 20.1. The number of aliphatic carboxylic acids is 1. The number of aromatic nitrogens is 4. The number of anilines is 1. The van der Waals surface area contributed by atoms with E-state index < -0.39 is 29.3 Å². The van der Waals surface area contributed by atoms with Crippen molar-refractivity contribution in [3.8, 4) is 22.7 Å². The van der Waals surface area contributed by atoms with E-state index in [4.69, 9.17) is 4.74 Å². The molecule has 0 spiro atoms. The molecule has 0 unspecified atom stereocenters. The number of benzene rings is 1. The fraction of sp³-hybridized carbons (Fsp3) is 0.333. The molecule has 7 rings (SSSR count). The highest BCUT2D eigenvalue weighted by Gasteiger charge is 2.47. The molecule has 1 aromatic carbocycles. The summed E-state index contributed by atoms with van der Waals surface area (Å²) < 4.78 is 20.8. The van der Waals surface area contributed by atoms with Gasteiger partial charge in [0.05, 0.1) is 24.9 Å². The number of nitrogens with zero attached hydrogens (tertiary/aromatic N) is 3. The minimum Gasteiger partial charge on any atom is -0.497 e. The fourth-order valence-corrected chi connectivity index (χ4v) is 6.01. The maximum absolute atomic E-state index is 14.1. The molecule has 0 radical (unpaired) electrons. The molecule has 37 heavy (non-hydrogen) atoms. The Hall–Kier alpha value is -4.21. The van der Waals surface area contributed by atoms with Crippen molar-refractivity contribution in [1.29, 1.82) is 0 Å². The lowest BCUT2D eigenvalue weighted by atomic mass is 9.61. The van der Waals surface area contributed by atoms with Crippen molar-refractivity contribution in [2.75, 3.05) is 12.4 Å². The van der Waals surface area contributed by atoms with Gasteiger partial charge in [-0.05, 0) is 67.9 Å². The highest BCUT2D eigenvalue weighted by Crippen LogP contribution is 2.46. The molecular formula is C27H26FN5O4. The normalized spacial score (nSPS) is 22.8. The number of fused-ring (bicyclic) bond motifs is 4. The smallest absolute Gasteiger partial charge is 0.308 e. The minimum atomic E-state index is -0.850. The van der Waals surface area contributed by atoms with E-state index in [9.17, 15) is 19.1 Å². The van der Waals surface area contributed by atoms with Crippen molar-refractivity contribution < 1.29 is 19.0 Å². The first-order chi connectivity index (χ1) is 17.9. The number of hydrogen-bond acceptors (Lipinski definition) is 6. The van der Waals surface area contributed by atoms with E-state index in [2.05, 4.69) is 20.3 Å². The van der Waals surface area contributed by atoms with Gasteiger partial charge in [-0.2, -0.15) is 0 Å². The van der Waals surface area contributed by atoms with E-state index in [1.165, 1.54) is 10.6 Å². The summed E-state index contributed by atoms with van der Waals surface area (Å²) in [5.74, 6) is -0.986. The van der Waals surface area contributed by atoms with Gasteiger partial charge >= 0.3 is 5.97 Å². The quantitative estimate of drug-likeness (QED) is 0.360. The summed E-state index contributed by atoms with van der Waals surface area (Å²) in [5, 5.41) is 13.8. The fourth-order valence-electron chi connectivity index (χ4n) is 6.01. The number of carbonyl (C=O) groups is 1. The number of nitrogens with one attached hydrogen (secondary N) is 2. The molecule has 2 atom stereocenters. The maximum atomic E-state index is 14.1. The summed E-state index contributed by atoms with van der Waals surface area (Å²) in [4.78, 5) is 37.7. The molecule has 4 aromatic rings. The number of halogens is 1. The summed E-state index contributed by atoms with van der Waals surface area (Å²) >= 11 is 0. The number of hydrogen-bond donors (Lipinski definition) is 3. The Kier molecular flexibility index (Phi) is 5.66. The molecule has 3 aliphatic rings. The monoisotopic (exact) mass is 503 g/mol. The van der Waals surface area contributed by atoms with Gasteiger partial charge in [0.15, 0.2) is 5.82 Å². The van der Waals surface area contributed by atoms with Crippen LogP contribution in [0.3, 0.4) is 0 Å². The van der Waals surface area contributed by atoms with E-state index in [1.807, 2.05) is 0 Å². The van der Waals surface area contributed by atoms with E-state index in [0.29, 0.717) is 33.7 Å². The van der Waals surface area contributed by atoms with Crippen LogP contribution in [0.4, 0.5) is 10.2 Å². The second kappa shape index (κ2) is 9.02. The summed E-state index contributed by atoms with van der Waals surface area (Å²) in [6.07, 6.45) is 8.02. The van der Waals surface area contributed by atoms with Gasteiger partial charge in [-0.1, -0.05) is 0 Å². The summed E-state index contributed by atoms with van der Waals surface area (Å²) in [5.41, 5.74) is 1.67. The average molecular weight is 504 g/mol. The molecule has 3 N–H and O–H groups in total. The zero-order chi connectivity index (χ0) is 25.7. The van der Waals surface area contributed by atoms with E-state index in [-0.39, 0.29) is 17.7 Å². The van der Waals surface area contributed by atoms with Gasteiger partial charge in [0, 0.05) is 35.1 Å². The highest BCUT2D eigenvalue weighted by molar-refractivity contribution is 5.92.